The van der Waals surface area contributed by atoms with Gasteiger partial charge in [0, 0.05) is 13.5 Å². The number of carbonyl (C=O) groups is 2. The fraction of sp³-hybridized carbons (Fsp3) is 0.278. The minimum Gasteiger partial charge on any atom is -0.508 e. The number of nitrogens with one attached hydrogen (secondary N) is 1. The molecular formula is C36H39N3O3. The van der Waals surface area contributed by atoms with E-state index in [1.54, 1.807) is 19.1 Å². The van der Waals surface area contributed by atoms with E-state index in [-0.39, 0.29) is 23.6 Å². The number of carbonyl (C=O) groups excluding carboxylic acids is 2. The summed E-state index contributed by atoms with van der Waals surface area (Å²) in [4.78, 5) is 28.2. The lowest BCUT2D eigenvalue weighted by Gasteiger charge is -2.37. The molecule has 2 amide bonds. The Morgan fingerprint density at radius 3 is 2.10 bits per heavy atom. The molecule has 1 heterocycles. The van der Waals surface area contributed by atoms with Crippen molar-refractivity contribution >= 4 is 17.5 Å². The van der Waals surface area contributed by atoms with Gasteiger partial charge in [0.1, 0.15) is 5.75 Å². The van der Waals surface area contributed by atoms with Crippen molar-refractivity contribution in [3.63, 3.8) is 0 Å². The van der Waals surface area contributed by atoms with E-state index in [9.17, 15) is 14.7 Å². The van der Waals surface area contributed by atoms with Gasteiger partial charge in [-0.3, -0.25) is 9.59 Å². The van der Waals surface area contributed by atoms with Crippen LogP contribution >= 0.6 is 0 Å². The molecule has 0 aromatic heterocycles. The zero-order valence-electron chi connectivity index (χ0n) is 24.6. The van der Waals surface area contributed by atoms with Crippen molar-refractivity contribution in [1.29, 1.82) is 0 Å². The van der Waals surface area contributed by atoms with Gasteiger partial charge in [0.05, 0.1) is 17.8 Å². The second-order valence-corrected chi connectivity index (χ2v) is 11.4. The molecule has 0 bridgehead atoms. The molecule has 0 radical (unpaired) electrons. The number of hydrogen-bond acceptors (Lipinski definition) is 4. The Labute approximate surface area is 248 Å². The second kappa shape index (κ2) is 12.6. The van der Waals surface area contributed by atoms with Crippen molar-refractivity contribution in [1.82, 2.24) is 5.32 Å². The van der Waals surface area contributed by atoms with Crippen LogP contribution in [0.2, 0.25) is 0 Å². The number of phenols is 1. The highest BCUT2D eigenvalue weighted by atomic mass is 16.3. The molecule has 0 unspecified atom stereocenters. The maximum absolute atomic E-state index is 13.5. The van der Waals surface area contributed by atoms with Gasteiger partial charge in [-0.2, -0.15) is 0 Å². The van der Waals surface area contributed by atoms with E-state index in [0.29, 0.717) is 25.8 Å². The first-order valence-electron chi connectivity index (χ1n) is 14.6. The van der Waals surface area contributed by atoms with Crippen LogP contribution in [0, 0.1) is 13.8 Å². The van der Waals surface area contributed by atoms with Gasteiger partial charge in [-0.15, -0.1) is 0 Å². The van der Waals surface area contributed by atoms with E-state index >= 15 is 0 Å². The number of hydrogen-bond donors (Lipinski definition) is 3. The molecule has 5 rings (SSSR count). The fourth-order valence-corrected chi connectivity index (χ4v) is 6.14. The maximum atomic E-state index is 13.5. The number of anilines is 1. The van der Waals surface area contributed by atoms with Gasteiger partial charge in [0.2, 0.25) is 11.8 Å². The van der Waals surface area contributed by atoms with Crippen molar-refractivity contribution in [2.45, 2.75) is 58.5 Å². The van der Waals surface area contributed by atoms with Crippen LogP contribution in [0.3, 0.4) is 0 Å². The second-order valence-electron chi connectivity index (χ2n) is 11.4. The zero-order chi connectivity index (χ0) is 29.8. The number of amides is 2. The van der Waals surface area contributed by atoms with Crippen molar-refractivity contribution in [2.75, 3.05) is 11.4 Å². The monoisotopic (exact) mass is 561 g/mol. The molecule has 4 aromatic carbocycles. The minimum absolute atomic E-state index is 0.0128. The van der Waals surface area contributed by atoms with Crippen LogP contribution in [0.1, 0.15) is 63.9 Å². The number of nitrogens with two attached hydrogens (primary N) is 1. The lowest BCUT2D eigenvalue weighted by molar-refractivity contribution is -0.123. The summed E-state index contributed by atoms with van der Waals surface area (Å²) in [7, 11) is 0. The molecule has 0 spiro atoms. The molecule has 2 atom stereocenters. The summed E-state index contributed by atoms with van der Waals surface area (Å²) in [5, 5.41) is 13.2. The molecule has 4 aromatic rings. The van der Waals surface area contributed by atoms with Gasteiger partial charge in [-0.25, -0.2) is 0 Å². The molecule has 1 aliphatic rings. The molecule has 216 valence electrons. The summed E-state index contributed by atoms with van der Waals surface area (Å²) in [6, 6.07) is 27.3. The van der Waals surface area contributed by atoms with Crippen LogP contribution in [-0.4, -0.2) is 29.5 Å². The third-order valence-electron chi connectivity index (χ3n) is 8.19. The third-order valence-corrected chi connectivity index (χ3v) is 8.19. The first-order valence-corrected chi connectivity index (χ1v) is 14.6. The standard InChI is InChI=1S/C36H39N3O3/c1-23-16-30(41)17-24(2)31(23)22-33(37)36(42)38-34-14-15-39(25(3)40)35-29(19-27-12-8-5-9-13-27)20-28(21-32(34)35)18-26-10-6-4-7-11-26/h4-13,16-17,20-21,33-34,41H,14-15,18-19,22,37H2,1-3H3,(H,38,42)/t33-,34+/m0/s1. The van der Waals surface area contributed by atoms with Gasteiger partial charge in [-0.05, 0) is 96.2 Å². The largest absolute Gasteiger partial charge is 0.508 e. The van der Waals surface area contributed by atoms with E-state index < -0.39 is 6.04 Å². The van der Waals surface area contributed by atoms with Gasteiger partial charge < -0.3 is 21.1 Å². The maximum Gasteiger partial charge on any atom is 0.237 e. The highest BCUT2D eigenvalue weighted by molar-refractivity contribution is 5.94. The van der Waals surface area contributed by atoms with Crippen LogP contribution in [-0.2, 0) is 28.9 Å². The van der Waals surface area contributed by atoms with Crippen molar-refractivity contribution in [3.05, 3.63) is 129 Å². The highest BCUT2D eigenvalue weighted by Crippen LogP contribution is 2.39. The molecule has 0 fully saturated rings. The summed E-state index contributed by atoms with van der Waals surface area (Å²) >= 11 is 0. The van der Waals surface area contributed by atoms with Gasteiger partial charge >= 0.3 is 0 Å². The minimum atomic E-state index is -0.752. The van der Waals surface area contributed by atoms with Crippen molar-refractivity contribution in [3.8, 4) is 5.75 Å². The fourth-order valence-electron chi connectivity index (χ4n) is 6.14. The van der Waals surface area contributed by atoms with Crippen molar-refractivity contribution < 1.29 is 14.7 Å². The molecule has 6 nitrogen and oxygen atoms in total. The molecule has 0 saturated carbocycles. The number of phenolic OH excluding ortho intramolecular Hbond substituents is 1. The number of benzene rings is 4. The Bertz CT molecular complexity index is 1560. The Morgan fingerprint density at radius 2 is 1.50 bits per heavy atom. The molecule has 6 heteroatoms. The van der Waals surface area contributed by atoms with Crippen LogP contribution < -0.4 is 16.0 Å². The zero-order valence-corrected chi connectivity index (χ0v) is 24.6. The summed E-state index contributed by atoms with van der Waals surface area (Å²) < 4.78 is 0. The molecule has 0 saturated heterocycles. The van der Waals surface area contributed by atoms with Gasteiger partial charge in [0.25, 0.3) is 0 Å². The topological polar surface area (TPSA) is 95.7 Å². The predicted octanol–water partition coefficient (Wildman–Crippen LogP) is 5.67. The van der Waals surface area contributed by atoms with Crippen LogP contribution in [0.5, 0.6) is 5.75 Å². The molecular weight excluding hydrogens is 522 g/mol. The number of rotatable bonds is 8. The molecule has 0 aliphatic carbocycles. The Kier molecular flexibility index (Phi) is 8.74. The van der Waals surface area contributed by atoms with E-state index in [4.69, 9.17) is 5.73 Å². The van der Waals surface area contributed by atoms with Crippen LogP contribution in [0.25, 0.3) is 0 Å². The summed E-state index contributed by atoms with van der Waals surface area (Å²) in [6.45, 7) is 5.95. The lowest BCUT2D eigenvalue weighted by atomic mass is 9.87. The Morgan fingerprint density at radius 1 is 0.905 bits per heavy atom. The van der Waals surface area contributed by atoms with Crippen LogP contribution in [0.4, 0.5) is 5.69 Å². The molecule has 4 N–H and O–H groups in total. The molecule has 42 heavy (non-hydrogen) atoms. The Balaban J connectivity index is 1.50. The Hall–Kier alpha value is -4.42. The summed E-state index contributed by atoms with van der Waals surface area (Å²) in [5.74, 6) is -0.0356. The van der Waals surface area contributed by atoms with Crippen LogP contribution in [0.15, 0.2) is 84.9 Å². The van der Waals surface area contributed by atoms with Gasteiger partial charge in [-0.1, -0.05) is 72.8 Å². The van der Waals surface area contributed by atoms with Gasteiger partial charge in [0.15, 0.2) is 0 Å². The SMILES string of the molecule is CC(=O)N1CC[C@@H](NC(=O)[C@@H](N)Cc2c(C)cc(O)cc2C)c2cc(Cc3ccccc3)cc(Cc3ccccc3)c21. The first kappa shape index (κ1) is 29.1. The highest BCUT2D eigenvalue weighted by Gasteiger charge is 2.32. The predicted molar refractivity (Wildman–Crippen MR) is 168 cm³/mol. The summed E-state index contributed by atoms with van der Waals surface area (Å²) in [6.07, 6.45) is 2.39. The average molecular weight is 562 g/mol. The number of aromatic hydroxyl groups is 1. The number of nitrogens with zero attached hydrogens (tertiary/aromatic N) is 1. The quantitative estimate of drug-likeness (QED) is 0.258. The normalized spacial score (nSPS) is 15.1. The van der Waals surface area contributed by atoms with Crippen molar-refractivity contribution in [2.24, 2.45) is 5.73 Å². The van der Waals surface area contributed by atoms with E-state index in [1.165, 1.54) is 5.56 Å². The number of fused-ring (bicyclic) bond motifs is 1. The average Bonchev–Trinajstić information content (AvgIpc) is 2.96. The van der Waals surface area contributed by atoms with E-state index in [2.05, 4.69) is 41.7 Å². The van der Waals surface area contributed by atoms with E-state index in [0.717, 1.165) is 51.1 Å². The summed E-state index contributed by atoms with van der Waals surface area (Å²) in [5.41, 5.74) is 15.7. The van der Waals surface area contributed by atoms with E-state index in [1.807, 2.05) is 55.1 Å². The first-order chi connectivity index (χ1) is 20.2. The lowest BCUT2D eigenvalue weighted by Crippen LogP contribution is -2.46. The number of aryl methyl sites for hydroxylation is 2. The molecule has 1 aliphatic heterocycles. The smallest absolute Gasteiger partial charge is 0.237 e. The third kappa shape index (κ3) is 6.55.